The van der Waals surface area contributed by atoms with Gasteiger partial charge in [0.15, 0.2) is 11.5 Å². The summed E-state index contributed by atoms with van der Waals surface area (Å²) in [6.07, 6.45) is 0.786. The van der Waals surface area contributed by atoms with Gasteiger partial charge in [0.2, 0.25) is 12.7 Å². The molecule has 2 rings (SSSR count). The Kier molecular flexibility index (Phi) is 3.43. The number of hydrogen-bond donors (Lipinski definition) is 1. The zero-order valence-corrected chi connectivity index (χ0v) is 10.5. The van der Waals surface area contributed by atoms with E-state index >= 15 is 0 Å². The third-order valence-electron chi connectivity index (χ3n) is 2.78. The maximum absolute atomic E-state index is 11.8. The van der Waals surface area contributed by atoms with Gasteiger partial charge in [-0.05, 0) is 6.42 Å². The largest absolute Gasteiger partial charge is 0.454 e. The van der Waals surface area contributed by atoms with Gasteiger partial charge in [0.1, 0.15) is 0 Å². The second-order valence-corrected chi connectivity index (χ2v) is 4.39. The van der Waals surface area contributed by atoms with Crippen LogP contribution in [0.2, 0.25) is 5.02 Å². The van der Waals surface area contributed by atoms with Crippen molar-refractivity contribution in [1.82, 2.24) is 0 Å². The number of rotatable bonds is 3. The van der Waals surface area contributed by atoms with Crippen molar-refractivity contribution in [3.05, 3.63) is 17.2 Å². The fraction of sp³-hybridized carbons (Fsp3) is 0.417. The highest BCUT2D eigenvalue weighted by Gasteiger charge is 2.18. The summed E-state index contributed by atoms with van der Waals surface area (Å²) in [5.41, 5.74) is 0.557. The molecule has 1 aromatic rings. The third-order valence-corrected chi connectivity index (χ3v) is 3.09. The van der Waals surface area contributed by atoms with Gasteiger partial charge in [0, 0.05) is 18.1 Å². The summed E-state index contributed by atoms with van der Waals surface area (Å²) < 4.78 is 10.4. The lowest BCUT2D eigenvalue weighted by atomic mass is 10.1. The van der Waals surface area contributed by atoms with Crippen molar-refractivity contribution in [3.63, 3.8) is 0 Å². The molecule has 92 valence electrons. The van der Waals surface area contributed by atoms with Gasteiger partial charge in [-0.1, -0.05) is 25.4 Å². The molecule has 1 aliphatic rings. The highest BCUT2D eigenvalue weighted by molar-refractivity contribution is 6.34. The molecule has 1 heterocycles. The van der Waals surface area contributed by atoms with Gasteiger partial charge in [-0.25, -0.2) is 0 Å². The summed E-state index contributed by atoms with van der Waals surface area (Å²) in [4.78, 5) is 11.8. The lowest BCUT2D eigenvalue weighted by Crippen LogP contribution is -2.19. The van der Waals surface area contributed by atoms with Crippen LogP contribution in [0.5, 0.6) is 11.5 Å². The SMILES string of the molecule is CCC(C)C(=O)Nc1cc2c(cc1Cl)OCO2. The minimum atomic E-state index is -0.0479. The fourth-order valence-electron chi connectivity index (χ4n) is 1.45. The number of anilines is 1. The number of halogens is 1. The first-order valence-corrected chi connectivity index (χ1v) is 5.89. The van der Waals surface area contributed by atoms with E-state index in [1.807, 2.05) is 13.8 Å². The first kappa shape index (κ1) is 12.0. The first-order valence-electron chi connectivity index (χ1n) is 5.51. The molecule has 0 aliphatic carbocycles. The normalized spacial score (nSPS) is 14.5. The number of carbonyl (C=O) groups excluding carboxylic acids is 1. The minimum absolute atomic E-state index is 0.0449. The molecule has 1 amide bonds. The molecule has 0 spiro atoms. The summed E-state index contributed by atoms with van der Waals surface area (Å²) in [6.45, 7) is 4.02. The van der Waals surface area contributed by atoms with Crippen molar-refractivity contribution in [2.75, 3.05) is 12.1 Å². The quantitative estimate of drug-likeness (QED) is 0.903. The van der Waals surface area contributed by atoms with E-state index in [2.05, 4.69) is 5.32 Å². The van der Waals surface area contributed by atoms with Crippen LogP contribution in [0.3, 0.4) is 0 Å². The van der Waals surface area contributed by atoms with Gasteiger partial charge in [0.25, 0.3) is 0 Å². The van der Waals surface area contributed by atoms with E-state index in [-0.39, 0.29) is 18.6 Å². The fourth-order valence-corrected chi connectivity index (χ4v) is 1.66. The Morgan fingerprint density at radius 3 is 2.76 bits per heavy atom. The van der Waals surface area contributed by atoms with Crippen LogP contribution >= 0.6 is 11.6 Å². The molecule has 0 saturated heterocycles. The molecular formula is C12H14ClNO3. The number of fused-ring (bicyclic) bond motifs is 1. The van der Waals surface area contributed by atoms with Crippen LogP contribution in [-0.2, 0) is 4.79 Å². The van der Waals surface area contributed by atoms with Crippen LogP contribution in [0, 0.1) is 5.92 Å². The molecule has 0 aromatic heterocycles. The van der Waals surface area contributed by atoms with Gasteiger partial charge >= 0.3 is 0 Å². The summed E-state index contributed by atoms with van der Waals surface area (Å²) in [5, 5.41) is 3.23. The number of nitrogens with one attached hydrogen (secondary N) is 1. The summed E-state index contributed by atoms with van der Waals surface area (Å²) in [7, 11) is 0. The number of benzene rings is 1. The predicted octanol–water partition coefficient (Wildman–Crippen LogP) is 3.05. The van der Waals surface area contributed by atoms with E-state index in [1.54, 1.807) is 12.1 Å². The minimum Gasteiger partial charge on any atom is -0.454 e. The Hall–Kier alpha value is -1.42. The molecular weight excluding hydrogens is 242 g/mol. The van der Waals surface area contributed by atoms with Crippen molar-refractivity contribution < 1.29 is 14.3 Å². The third kappa shape index (κ3) is 2.47. The van der Waals surface area contributed by atoms with E-state index in [0.717, 1.165) is 6.42 Å². The summed E-state index contributed by atoms with van der Waals surface area (Å²) in [6, 6.07) is 3.33. The highest BCUT2D eigenvalue weighted by atomic mass is 35.5. The molecule has 0 saturated carbocycles. The monoisotopic (exact) mass is 255 g/mol. The van der Waals surface area contributed by atoms with Gasteiger partial charge < -0.3 is 14.8 Å². The lowest BCUT2D eigenvalue weighted by molar-refractivity contribution is -0.119. The Morgan fingerprint density at radius 2 is 2.12 bits per heavy atom. The Morgan fingerprint density at radius 1 is 1.47 bits per heavy atom. The van der Waals surface area contributed by atoms with Crippen molar-refractivity contribution in [2.24, 2.45) is 5.92 Å². The van der Waals surface area contributed by atoms with Gasteiger partial charge in [-0.15, -0.1) is 0 Å². The van der Waals surface area contributed by atoms with Crippen LogP contribution in [-0.4, -0.2) is 12.7 Å². The Labute approximate surface area is 105 Å². The molecule has 17 heavy (non-hydrogen) atoms. The standard InChI is InChI=1S/C12H14ClNO3/c1-3-7(2)12(15)14-9-5-11-10(4-8(9)13)16-6-17-11/h4-5,7H,3,6H2,1-2H3,(H,14,15). The molecule has 4 nitrogen and oxygen atoms in total. The second kappa shape index (κ2) is 4.84. The molecule has 1 aromatic carbocycles. The average Bonchev–Trinajstić information content (AvgIpc) is 2.75. The van der Waals surface area contributed by atoms with Crippen molar-refractivity contribution in [2.45, 2.75) is 20.3 Å². The van der Waals surface area contributed by atoms with Crippen LogP contribution in [0.15, 0.2) is 12.1 Å². The molecule has 0 fully saturated rings. The summed E-state index contributed by atoms with van der Waals surface area (Å²) >= 11 is 6.05. The highest BCUT2D eigenvalue weighted by Crippen LogP contribution is 2.39. The summed E-state index contributed by atoms with van der Waals surface area (Å²) in [5.74, 6) is 1.12. The molecule has 1 aliphatic heterocycles. The van der Waals surface area contributed by atoms with Crippen LogP contribution in [0.25, 0.3) is 0 Å². The van der Waals surface area contributed by atoms with E-state index in [4.69, 9.17) is 21.1 Å². The molecule has 1 unspecified atom stereocenters. The van der Waals surface area contributed by atoms with Crippen molar-refractivity contribution in [1.29, 1.82) is 0 Å². The van der Waals surface area contributed by atoms with Crippen molar-refractivity contribution >= 4 is 23.2 Å². The van der Waals surface area contributed by atoms with Crippen LogP contribution in [0.4, 0.5) is 5.69 Å². The van der Waals surface area contributed by atoms with Crippen molar-refractivity contribution in [3.8, 4) is 11.5 Å². The smallest absolute Gasteiger partial charge is 0.231 e. The van der Waals surface area contributed by atoms with Gasteiger partial charge in [-0.3, -0.25) is 4.79 Å². The van der Waals surface area contributed by atoms with Crippen LogP contribution in [0.1, 0.15) is 20.3 Å². The second-order valence-electron chi connectivity index (χ2n) is 3.98. The number of hydrogen-bond acceptors (Lipinski definition) is 3. The molecule has 5 heteroatoms. The number of ether oxygens (including phenoxy) is 2. The first-order chi connectivity index (χ1) is 8.11. The molecule has 1 atom stereocenters. The maximum Gasteiger partial charge on any atom is 0.231 e. The molecule has 0 bridgehead atoms. The zero-order chi connectivity index (χ0) is 12.4. The Bertz CT molecular complexity index is 448. The van der Waals surface area contributed by atoms with Crippen LogP contribution < -0.4 is 14.8 Å². The average molecular weight is 256 g/mol. The van der Waals surface area contributed by atoms with E-state index < -0.39 is 0 Å². The van der Waals surface area contributed by atoms with E-state index in [0.29, 0.717) is 22.2 Å². The lowest BCUT2D eigenvalue weighted by Gasteiger charge is -2.11. The maximum atomic E-state index is 11.8. The number of amides is 1. The predicted molar refractivity (Wildman–Crippen MR) is 65.7 cm³/mol. The topological polar surface area (TPSA) is 47.6 Å². The zero-order valence-electron chi connectivity index (χ0n) is 9.75. The van der Waals surface area contributed by atoms with Gasteiger partial charge in [0.05, 0.1) is 10.7 Å². The molecule has 0 radical (unpaired) electrons. The van der Waals surface area contributed by atoms with Gasteiger partial charge in [-0.2, -0.15) is 0 Å². The van der Waals surface area contributed by atoms with E-state index in [9.17, 15) is 4.79 Å². The Balaban J connectivity index is 2.19. The molecule has 1 N–H and O–H groups in total. The number of carbonyl (C=O) groups is 1. The van der Waals surface area contributed by atoms with E-state index in [1.165, 1.54) is 0 Å².